The van der Waals surface area contributed by atoms with Crippen LogP contribution in [0.25, 0.3) is 0 Å². The molecule has 82 valence electrons. The lowest BCUT2D eigenvalue weighted by atomic mass is 10.2. The van der Waals surface area contributed by atoms with E-state index in [0.717, 1.165) is 0 Å². The van der Waals surface area contributed by atoms with Crippen molar-refractivity contribution < 1.29 is 10.0 Å². The maximum absolute atomic E-state index is 10.7. The SMILES string of the molecule is C[C@H](CO)SCc1ccccc1[N+](=O)[O-]. The molecular weight excluding hydrogens is 214 g/mol. The lowest BCUT2D eigenvalue weighted by Crippen LogP contribution is -2.03. The molecule has 0 saturated carbocycles. The molecule has 0 amide bonds. The normalized spacial score (nSPS) is 12.4. The minimum atomic E-state index is -0.375. The van der Waals surface area contributed by atoms with Crippen molar-refractivity contribution in [2.24, 2.45) is 0 Å². The first-order valence-corrected chi connectivity index (χ1v) is 5.64. The molecule has 5 heteroatoms. The Bertz CT molecular complexity index is 343. The molecule has 0 bridgehead atoms. The maximum Gasteiger partial charge on any atom is 0.273 e. The summed E-state index contributed by atoms with van der Waals surface area (Å²) in [5.74, 6) is 0.554. The Hall–Kier alpha value is -1.07. The molecule has 0 spiro atoms. The monoisotopic (exact) mass is 227 g/mol. The van der Waals surface area contributed by atoms with Gasteiger partial charge >= 0.3 is 0 Å². The Balaban J connectivity index is 2.72. The number of aliphatic hydroxyl groups is 1. The number of nitro benzene ring substituents is 1. The molecule has 1 rings (SSSR count). The summed E-state index contributed by atoms with van der Waals surface area (Å²) >= 11 is 1.51. The van der Waals surface area contributed by atoms with Crippen molar-refractivity contribution in [3.63, 3.8) is 0 Å². The van der Waals surface area contributed by atoms with E-state index in [2.05, 4.69) is 0 Å². The van der Waals surface area contributed by atoms with Crippen molar-refractivity contribution in [1.29, 1.82) is 0 Å². The molecule has 0 unspecified atom stereocenters. The van der Waals surface area contributed by atoms with Gasteiger partial charge < -0.3 is 5.11 Å². The highest BCUT2D eigenvalue weighted by Crippen LogP contribution is 2.24. The van der Waals surface area contributed by atoms with Crippen LogP contribution in [-0.2, 0) is 5.75 Å². The maximum atomic E-state index is 10.7. The second kappa shape index (κ2) is 5.72. The van der Waals surface area contributed by atoms with Crippen LogP contribution < -0.4 is 0 Å². The third kappa shape index (κ3) is 3.53. The lowest BCUT2D eigenvalue weighted by molar-refractivity contribution is -0.385. The van der Waals surface area contributed by atoms with Gasteiger partial charge in [-0.25, -0.2) is 0 Å². The van der Waals surface area contributed by atoms with Gasteiger partial charge in [0.05, 0.1) is 11.5 Å². The summed E-state index contributed by atoms with van der Waals surface area (Å²) in [4.78, 5) is 10.3. The van der Waals surface area contributed by atoms with Crippen LogP contribution in [0.15, 0.2) is 24.3 Å². The van der Waals surface area contributed by atoms with Crippen LogP contribution in [0.5, 0.6) is 0 Å². The molecular formula is C10H13NO3S. The molecule has 0 aliphatic rings. The number of benzene rings is 1. The van der Waals surface area contributed by atoms with Crippen LogP contribution in [0.1, 0.15) is 12.5 Å². The summed E-state index contributed by atoms with van der Waals surface area (Å²) in [6, 6.07) is 6.68. The molecule has 1 aromatic carbocycles. The second-order valence-corrected chi connectivity index (χ2v) is 4.62. The Kier molecular flexibility index (Phi) is 4.58. The number of nitrogens with zero attached hydrogens (tertiary/aromatic N) is 1. The summed E-state index contributed by atoms with van der Waals surface area (Å²) in [5, 5.41) is 19.6. The third-order valence-electron chi connectivity index (χ3n) is 1.97. The standard InChI is InChI=1S/C10H13NO3S/c1-8(6-12)15-7-9-4-2-3-5-10(9)11(13)14/h2-5,8,12H,6-7H2,1H3/t8-/m1/s1. The lowest BCUT2D eigenvalue weighted by Gasteiger charge is -2.07. The van der Waals surface area contributed by atoms with E-state index >= 15 is 0 Å². The minimum Gasteiger partial charge on any atom is -0.395 e. The van der Waals surface area contributed by atoms with Crippen molar-refractivity contribution >= 4 is 17.4 Å². The minimum absolute atomic E-state index is 0.0886. The summed E-state index contributed by atoms with van der Waals surface area (Å²) in [5.41, 5.74) is 0.850. The molecule has 1 N–H and O–H groups in total. The smallest absolute Gasteiger partial charge is 0.273 e. The highest BCUT2D eigenvalue weighted by Gasteiger charge is 2.12. The van der Waals surface area contributed by atoms with Crippen molar-refractivity contribution in [2.45, 2.75) is 17.9 Å². The van der Waals surface area contributed by atoms with E-state index in [1.165, 1.54) is 17.8 Å². The molecule has 0 aromatic heterocycles. The first kappa shape index (κ1) is 12.0. The summed E-state index contributed by atoms with van der Waals surface area (Å²) in [7, 11) is 0. The largest absolute Gasteiger partial charge is 0.395 e. The van der Waals surface area contributed by atoms with E-state index in [1.807, 2.05) is 6.92 Å². The Morgan fingerprint density at radius 2 is 2.20 bits per heavy atom. The molecule has 4 nitrogen and oxygen atoms in total. The van der Waals surface area contributed by atoms with E-state index in [4.69, 9.17) is 5.11 Å². The molecule has 15 heavy (non-hydrogen) atoms. The molecule has 0 aliphatic heterocycles. The van der Waals surface area contributed by atoms with Gasteiger partial charge in [0.1, 0.15) is 0 Å². The number of rotatable bonds is 5. The van der Waals surface area contributed by atoms with Gasteiger partial charge in [0, 0.05) is 22.6 Å². The van der Waals surface area contributed by atoms with E-state index in [9.17, 15) is 10.1 Å². The number of thioether (sulfide) groups is 1. The number of para-hydroxylation sites is 1. The van der Waals surface area contributed by atoms with Crippen LogP contribution in [0.2, 0.25) is 0 Å². The first-order chi connectivity index (χ1) is 7.15. The predicted octanol–water partition coefficient (Wildman–Crippen LogP) is 2.21. The van der Waals surface area contributed by atoms with Gasteiger partial charge in [0.15, 0.2) is 0 Å². The van der Waals surface area contributed by atoms with Crippen LogP contribution >= 0.6 is 11.8 Å². The molecule has 0 heterocycles. The fraction of sp³-hybridized carbons (Fsp3) is 0.400. The predicted molar refractivity (Wildman–Crippen MR) is 60.9 cm³/mol. The van der Waals surface area contributed by atoms with E-state index in [0.29, 0.717) is 11.3 Å². The van der Waals surface area contributed by atoms with Crippen molar-refractivity contribution in [3.8, 4) is 0 Å². The van der Waals surface area contributed by atoms with Gasteiger partial charge in [-0.1, -0.05) is 25.1 Å². The topological polar surface area (TPSA) is 63.4 Å². The fourth-order valence-corrected chi connectivity index (χ4v) is 1.91. The van der Waals surface area contributed by atoms with Gasteiger partial charge in [0.25, 0.3) is 5.69 Å². The van der Waals surface area contributed by atoms with Crippen molar-refractivity contribution in [2.75, 3.05) is 6.61 Å². The van der Waals surface area contributed by atoms with Crippen LogP contribution in [0, 0.1) is 10.1 Å². The second-order valence-electron chi connectivity index (χ2n) is 3.19. The van der Waals surface area contributed by atoms with Crippen LogP contribution in [0.4, 0.5) is 5.69 Å². The number of nitro groups is 1. The van der Waals surface area contributed by atoms with Gasteiger partial charge in [-0.2, -0.15) is 11.8 Å². The number of hydrogen-bond donors (Lipinski definition) is 1. The molecule has 0 saturated heterocycles. The first-order valence-electron chi connectivity index (χ1n) is 4.60. The number of aliphatic hydroxyl groups excluding tert-OH is 1. The van der Waals surface area contributed by atoms with Gasteiger partial charge in [-0.15, -0.1) is 0 Å². The van der Waals surface area contributed by atoms with Gasteiger partial charge in [-0.3, -0.25) is 10.1 Å². The third-order valence-corrected chi connectivity index (χ3v) is 3.16. The highest BCUT2D eigenvalue weighted by molar-refractivity contribution is 7.99. The average molecular weight is 227 g/mol. The molecule has 0 fully saturated rings. The Labute approximate surface area is 92.5 Å². The van der Waals surface area contributed by atoms with E-state index in [1.54, 1.807) is 18.2 Å². The molecule has 0 radical (unpaired) electrons. The van der Waals surface area contributed by atoms with Crippen molar-refractivity contribution in [1.82, 2.24) is 0 Å². The Morgan fingerprint density at radius 1 is 1.53 bits per heavy atom. The molecule has 0 aliphatic carbocycles. The average Bonchev–Trinajstić information content (AvgIpc) is 2.26. The molecule has 1 aromatic rings. The summed E-state index contributed by atoms with van der Waals surface area (Å²) in [6.07, 6.45) is 0. The van der Waals surface area contributed by atoms with Gasteiger partial charge in [-0.05, 0) is 0 Å². The quantitative estimate of drug-likeness (QED) is 0.618. The summed E-state index contributed by atoms with van der Waals surface area (Å²) in [6.45, 7) is 1.98. The van der Waals surface area contributed by atoms with E-state index in [-0.39, 0.29) is 22.5 Å². The zero-order valence-electron chi connectivity index (χ0n) is 8.42. The summed E-state index contributed by atoms with van der Waals surface area (Å²) < 4.78 is 0. The zero-order chi connectivity index (χ0) is 11.3. The fourth-order valence-electron chi connectivity index (χ4n) is 1.10. The van der Waals surface area contributed by atoms with Crippen molar-refractivity contribution in [3.05, 3.63) is 39.9 Å². The molecule has 1 atom stereocenters. The number of hydrogen-bond acceptors (Lipinski definition) is 4. The highest BCUT2D eigenvalue weighted by atomic mass is 32.2. The van der Waals surface area contributed by atoms with E-state index < -0.39 is 0 Å². The Morgan fingerprint density at radius 3 is 2.80 bits per heavy atom. The van der Waals surface area contributed by atoms with Crippen LogP contribution in [0.3, 0.4) is 0 Å². The zero-order valence-corrected chi connectivity index (χ0v) is 9.24. The van der Waals surface area contributed by atoms with Crippen LogP contribution in [-0.4, -0.2) is 21.9 Å². The van der Waals surface area contributed by atoms with Gasteiger partial charge in [0.2, 0.25) is 0 Å².